The van der Waals surface area contributed by atoms with Crippen LogP contribution >= 0.6 is 22.9 Å². The fourth-order valence-electron chi connectivity index (χ4n) is 2.67. The summed E-state index contributed by atoms with van der Waals surface area (Å²) in [6.07, 6.45) is 4.55. The summed E-state index contributed by atoms with van der Waals surface area (Å²) in [7, 11) is 1.87. The van der Waals surface area contributed by atoms with Crippen LogP contribution in [0.1, 0.15) is 11.3 Å². The zero-order valence-corrected chi connectivity index (χ0v) is 14.5. The molecule has 3 rings (SSSR count). The molecule has 0 spiro atoms. The van der Waals surface area contributed by atoms with E-state index in [1.807, 2.05) is 54.4 Å². The summed E-state index contributed by atoms with van der Waals surface area (Å²) in [6.45, 7) is 1.86. The molecule has 1 fully saturated rings. The number of carbonyl (C=O) groups is 1. The standard InChI is InChI=1S/C18H19ClN2OS/c1-21(13-10-11-20-12-13)18(22)9-7-14-6-8-17(23-14)15-4-2-3-5-16(15)19/h2-9,13,20H,10-12H2,1H3/b9-7+. The molecule has 0 bridgehead atoms. The second-order valence-electron chi connectivity index (χ2n) is 5.61. The monoisotopic (exact) mass is 346 g/mol. The summed E-state index contributed by atoms with van der Waals surface area (Å²) in [4.78, 5) is 16.2. The van der Waals surface area contributed by atoms with Crippen molar-refractivity contribution in [2.75, 3.05) is 20.1 Å². The van der Waals surface area contributed by atoms with Crippen LogP contribution < -0.4 is 5.32 Å². The molecule has 120 valence electrons. The lowest BCUT2D eigenvalue weighted by Crippen LogP contribution is -2.37. The van der Waals surface area contributed by atoms with Gasteiger partial charge < -0.3 is 10.2 Å². The highest BCUT2D eigenvalue weighted by Crippen LogP contribution is 2.33. The minimum absolute atomic E-state index is 0.0476. The maximum absolute atomic E-state index is 12.2. The first-order valence-electron chi connectivity index (χ1n) is 7.65. The molecule has 1 atom stereocenters. The van der Waals surface area contributed by atoms with Gasteiger partial charge >= 0.3 is 0 Å². The predicted molar refractivity (Wildman–Crippen MR) is 97.8 cm³/mol. The molecule has 1 aromatic heterocycles. The fourth-order valence-corrected chi connectivity index (χ4v) is 3.91. The normalized spacial score (nSPS) is 17.7. The van der Waals surface area contributed by atoms with Crippen molar-refractivity contribution in [2.45, 2.75) is 12.5 Å². The van der Waals surface area contributed by atoms with E-state index in [1.165, 1.54) is 0 Å². The zero-order valence-electron chi connectivity index (χ0n) is 13.0. The molecule has 1 aromatic carbocycles. The van der Waals surface area contributed by atoms with Gasteiger partial charge in [-0.2, -0.15) is 0 Å². The topological polar surface area (TPSA) is 32.3 Å². The summed E-state index contributed by atoms with van der Waals surface area (Å²) in [6, 6.07) is 12.2. The first-order valence-corrected chi connectivity index (χ1v) is 8.85. The van der Waals surface area contributed by atoms with Gasteiger partial charge in [-0.05, 0) is 37.2 Å². The Morgan fingerprint density at radius 2 is 2.17 bits per heavy atom. The predicted octanol–water partition coefficient (Wildman–Crippen LogP) is 3.90. The van der Waals surface area contributed by atoms with Crippen LogP contribution in [0, 0.1) is 0 Å². The van der Waals surface area contributed by atoms with E-state index in [0.29, 0.717) is 6.04 Å². The third-order valence-corrected chi connectivity index (χ3v) is 5.50. The third kappa shape index (κ3) is 3.83. The van der Waals surface area contributed by atoms with E-state index < -0.39 is 0 Å². The number of nitrogens with one attached hydrogen (secondary N) is 1. The number of likely N-dealkylation sites (N-methyl/N-ethyl adjacent to an activating group) is 1. The van der Waals surface area contributed by atoms with Crippen molar-refractivity contribution in [2.24, 2.45) is 0 Å². The largest absolute Gasteiger partial charge is 0.338 e. The molecule has 0 radical (unpaired) electrons. The Morgan fingerprint density at radius 1 is 1.35 bits per heavy atom. The minimum Gasteiger partial charge on any atom is -0.338 e. The van der Waals surface area contributed by atoms with Crippen LogP contribution in [0.5, 0.6) is 0 Å². The molecule has 2 heterocycles. The molecule has 23 heavy (non-hydrogen) atoms. The molecule has 0 saturated carbocycles. The van der Waals surface area contributed by atoms with Crippen molar-refractivity contribution < 1.29 is 4.79 Å². The molecule has 1 amide bonds. The third-order valence-electron chi connectivity index (χ3n) is 4.09. The van der Waals surface area contributed by atoms with Gasteiger partial charge in [-0.1, -0.05) is 29.8 Å². The Kier molecular flexibility index (Phi) is 5.16. The van der Waals surface area contributed by atoms with E-state index in [9.17, 15) is 4.79 Å². The molecule has 5 heteroatoms. The number of hydrogen-bond donors (Lipinski definition) is 1. The highest BCUT2D eigenvalue weighted by Gasteiger charge is 2.21. The van der Waals surface area contributed by atoms with E-state index in [4.69, 9.17) is 11.6 Å². The molecule has 1 N–H and O–H groups in total. The Hall–Kier alpha value is -1.62. The van der Waals surface area contributed by atoms with E-state index in [0.717, 1.165) is 39.9 Å². The van der Waals surface area contributed by atoms with Gasteiger partial charge in [0, 0.05) is 46.1 Å². The maximum atomic E-state index is 12.2. The minimum atomic E-state index is 0.0476. The van der Waals surface area contributed by atoms with Crippen molar-refractivity contribution >= 4 is 34.9 Å². The summed E-state index contributed by atoms with van der Waals surface area (Å²) in [5.41, 5.74) is 1.03. The Bertz CT molecular complexity index is 719. The van der Waals surface area contributed by atoms with Crippen molar-refractivity contribution in [1.29, 1.82) is 0 Å². The van der Waals surface area contributed by atoms with E-state index in [1.54, 1.807) is 17.4 Å². The first-order chi connectivity index (χ1) is 11.1. The van der Waals surface area contributed by atoms with Crippen LogP contribution in [0.3, 0.4) is 0 Å². The second-order valence-corrected chi connectivity index (χ2v) is 7.13. The van der Waals surface area contributed by atoms with Gasteiger partial charge in [0.25, 0.3) is 0 Å². The second kappa shape index (κ2) is 7.30. The van der Waals surface area contributed by atoms with Crippen LogP contribution in [-0.4, -0.2) is 37.0 Å². The van der Waals surface area contributed by atoms with Gasteiger partial charge in [0.15, 0.2) is 0 Å². The van der Waals surface area contributed by atoms with E-state index in [-0.39, 0.29) is 5.91 Å². The number of amides is 1. The first kappa shape index (κ1) is 16.2. The van der Waals surface area contributed by atoms with Crippen molar-refractivity contribution in [3.05, 3.63) is 52.4 Å². The van der Waals surface area contributed by atoms with Crippen LogP contribution in [0.25, 0.3) is 16.5 Å². The number of halogens is 1. The number of thiophene rings is 1. The van der Waals surface area contributed by atoms with Gasteiger partial charge in [-0.15, -0.1) is 11.3 Å². The SMILES string of the molecule is CN(C(=O)/C=C/c1ccc(-c2ccccc2Cl)s1)C1CCNC1. The molecule has 1 aliphatic heterocycles. The molecule has 1 unspecified atom stereocenters. The molecule has 1 aliphatic rings. The average molecular weight is 347 g/mol. The quantitative estimate of drug-likeness (QED) is 0.851. The number of hydrogen-bond acceptors (Lipinski definition) is 3. The van der Waals surface area contributed by atoms with Crippen molar-refractivity contribution in [3.63, 3.8) is 0 Å². The molecule has 0 aliphatic carbocycles. The van der Waals surface area contributed by atoms with Crippen LogP contribution in [0.15, 0.2) is 42.5 Å². The summed E-state index contributed by atoms with van der Waals surface area (Å²) >= 11 is 7.86. The molecular weight excluding hydrogens is 328 g/mol. The molecule has 3 nitrogen and oxygen atoms in total. The number of benzene rings is 1. The highest BCUT2D eigenvalue weighted by molar-refractivity contribution is 7.16. The number of carbonyl (C=O) groups excluding carboxylic acids is 1. The van der Waals surface area contributed by atoms with Crippen LogP contribution in [0.2, 0.25) is 5.02 Å². The van der Waals surface area contributed by atoms with Crippen LogP contribution in [-0.2, 0) is 4.79 Å². The molecule has 2 aromatic rings. The zero-order chi connectivity index (χ0) is 16.2. The van der Waals surface area contributed by atoms with Gasteiger partial charge in [-0.25, -0.2) is 0 Å². The summed E-state index contributed by atoms with van der Waals surface area (Å²) in [5, 5.41) is 4.03. The fraction of sp³-hybridized carbons (Fsp3) is 0.278. The van der Waals surface area contributed by atoms with Crippen molar-refractivity contribution in [1.82, 2.24) is 10.2 Å². The number of nitrogens with zero attached hydrogens (tertiary/aromatic N) is 1. The lowest BCUT2D eigenvalue weighted by atomic mass is 10.2. The Balaban J connectivity index is 1.69. The summed E-state index contributed by atoms with van der Waals surface area (Å²) in [5.74, 6) is 0.0476. The van der Waals surface area contributed by atoms with E-state index in [2.05, 4.69) is 5.32 Å². The Labute approximate surface area is 145 Å². The van der Waals surface area contributed by atoms with E-state index >= 15 is 0 Å². The Morgan fingerprint density at radius 3 is 2.91 bits per heavy atom. The maximum Gasteiger partial charge on any atom is 0.246 e. The van der Waals surface area contributed by atoms with Crippen molar-refractivity contribution in [3.8, 4) is 10.4 Å². The van der Waals surface area contributed by atoms with Gasteiger partial charge in [0.05, 0.1) is 0 Å². The highest BCUT2D eigenvalue weighted by atomic mass is 35.5. The van der Waals surface area contributed by atoms with Gasteiger partial charge in [0.1, 0.15) is 0 Å². The average Bonchev–Trinajstić information content (AvgIpc) is 3.24. The van der Waals surface area contributed by atoms with Gasteiger partial charge in [-0.3, -0.25) is 4.79 Å². The molecule has 1 saturated heterocycles. The van der Waals surface area contributed by atoms with Crippen LogP contribution in [0.4, 0.5) is 0 Å². The summed E-state index contributed by atoms with van der Waals surface area (Å²) < 4.78 is 0. The smallest absolute Gasteiger partial charge is 0.246 e. The lowest BCUT2D eigenvalue weighted by Gasteiger charge is -2.22. The molecular formula is C18H19ClN2OS. The lowest BCUT2D eigenvalue weighted by molar-refractivity contribution is -0.126. The van der Waals surface area contributed by atoms with Gasteiger partial charge in [0.2, 0.25) is 5.91 Å². The number of rotatable bonds is 4.